The van der Waals surface area contributed by atoms with Crippen molar-refractivity contribution in [3.05, 3.63) is 11.1 Å². The van der Waals surface area contributed by atoms with Gasteiger partial charge in [0.15, 0.2) is 0 Å². The van der Waals surface area contributed by atoms with E-state index in [1.54, 1.807) is 0 Å². The molecule has 0 radical (unpaired) electrons. The third-order valence-electron chi connectivity index (χ3n) is 1.42. The van der Waals surface area contributed by atoms with E-state index in [2.05, 4.69) is 14.6 Å². The number of hydrogen-bond donors (Lipinski definition) is 1. The van der Waals surface area contributed by atoms with E-state index in [4.69, 9.17) is 5.73 Å². The highest BCUT2D eigenvalue weighted by atomic mass is 32.1. The topological polar surface area (TPSA) is 64.2 Å². The van der Waals surface area contributed by atoms with E-state index in [1.807, 2.05) is 19.2 Å². The molecule has 1 heterocycles. The van der Waals surface area contributed by atoms with Gasteiger partial charge in [0.25, 0.3) is 0 Å². The Hall–Kier alpha value is -0.970. The third kappa shape index (κ3) is 2.58. The highest BCUT2D eigenvalue weighted by Crippen LogP contribution is 2.00. The third-order valence-corrected chi connectivity index (χ3v) is 1.97. The summed E-state index contributed by atoms with van der Waals surface area (Å²) in [6.07, 6.45) is 0. The van der Waals surface area contributed by atoms with Crippen molar-refractivity contribution in [3.63, 3.8) is 0 Å². The largest absolute Gasteiger partial charge is 0.387 e. The molecule has 0 aliphatic rings. The van der Waals surface area contributed by atoms with E-state index in [1.165, 1.54) is 11.5 Å². The zero-order valence-electron chi connectivity index (χ0n) is 7.19. The molecule has 0 saturated heterocycles. The molecule has 1 aromatic heterocycles. The molecule has 1 aromatic rings. The van der Waals surface area contributed by atoms with Gasteiger partial charge in [-0.15, -0.1) is 5.10 Å². The lowest BCUT2D eigenvalue weighted by molar-refractivity contribution is 0.847. The molecule has 0 aliphatic carbocycles. The molecule has 0 amide bonds. The van der Waals surface area contributed by atoms with Gasteiger partial charge >= 0.3 is 0 Å². The summed E-state index contributed by atoms with van der Waals surface area (Å²) in [5.74, 6) is 0.972. The normalized spacial score (nSPS) is 12.4. The van der Waals surface area contributed by atoms with Gasteiger partial charge in [0.2, 0.25) is 0 Å². The predicted octanol–water partition coefficient (Wildman–Crippen LogP) is 1.05. The van der Waals surface area contributed by atoms with Gasteiger partial charge in [0, 0.05) is 11.3 Å². The van der Waals surface area contributed by atoms with Crippen LogP contribution in [0.3, 0.4) is 0 Å². The summed E-state index contributed by atoms with van der Waals surface area (Å²) in [4.78, 5) is 4.16. The molecule has 0 fully saturated rings. The van der Waals surface area contributed by atoms with Crippen molar-refractivity contribution in [3.8, 4) is 0 Å². The summed E-state index contributed by atoms with van der Waals surface area (Å²) in [7, 11) is 0. The van der Waals surface area contributed by atoms with Crippen LogP contribution in [0.4, 0.5) is 0 Å². The second-order valence-corrected chi connectivity index (χ2v) is 3.40. The first-order valence-corrected chi connectivity index (χ1v) is 4.59. The molecule has 66 valence electrons. The lowest BCUT2D eigenvalue weighted by Crippen LogP contribution is -2.18. The Morgan fingerprint density at radius 2 is 2.50 bits per heavy atom. The Kier molecular flexibility index (Phi) is 3.16. The van der Waals surface area contributed by atoms with E-state index in [0.717, 1.165) is 5.69 Å². The van der Waals surface area contributed by atoms with Gasteiger partial charge in [0.05, 0.1) is 18.1 Å². The summed E-state index contributed by atoms with van der Waals surface area (Å²) < 4.78 is 3.73. The van der Waals surface area contributed by atoms with Gasteiger partial charge in [0.1, 0.15) is 0 Å². The summed E-state index contributed by atoms with van der Waals surface area (Å²) in [6, 6.07) is 0. The highest BCUT2D eigenvalue weighted by Gasteiger charge is 1.99. The molecule has 0 unspecified atom stereocenters. The van der Waals surface area contributed by atoms with E-state index in [9.17, 15) is 0 Å². The Labute approximate surface area is 75.7 Å². The highest BCUT2D eigenvalue weighted by molar-refractivity contribution is 7.03. The number of rotatable bonds is 3. The van der Waals surface area contributed by atoms with Gasteiger partial charge in [-0.1, -0.05) is 18.3 Å². The van der Waals surface area contributed by atoms with Gasteiger partial charge in [-0.05, 0) is 11.5 Å². The average molecular weight is 184 g/mol. The number of nitrogens with zero attached hydrogens (tertiary/aromatic N) is 3. The molecule has 0 bridgehead atoms. The molecule has 0 aromatic carbocycles. The van der Waals surface area contributed by atoms with E-state index in [0.29, 0.717) is 18.3 Å². The van der Waals surface area contributed by atoms with Crippen LogP contribution in [0.25, 0.3) is 0 Å². The molecular formula is C7H12N4S. The summed E-state index contributed by atoms with van der Waals surface area (Å²) in [5, 5.41) is 5.73. The fourth-order valence-corrected chi connectivity index (χ4v) is 1.05. The average Bonchev–Trinajstić information content (AvgIpc) is 2.51. The van der Waals surface area contributed by atoms with Crippen LogP contribution < -0.4 is 5.73 Å². The van der Waals surface area contributed by atoms with Crippen molar-refractivity contribution in [1.82, 2.24) is 9.59 Å². The minimum Gasteiger partial charge on any atom is -0.387 e. The lowest BCUT2D eigenvalue weighted by atomic mass is 10.2. The minimum absolute atomic E-state index is 0.302. The number of aliphatic imine (C=N–C) groups is 1. The SMILES string of the molecule is CC(C)C(N)=NCc1csnn1. The van der Waals surface area contributed by atoms with Crippen LogP contribution >= 0.6 is 11.5 Å². The maximum absolute atomic E-state index is 5.64. The second-order valence-electron chi connectivity index (χ2n) is 2.79. The Morgan fingerprint density at radius 1 is 1.75 bits per heavy atom. The van der Waals surface area contributed by atoms with E-state index >= 15 is 0 Å². The molecule has 12 heavy (non-hydrogen) atoms. The molecule has 0 atom stereocenters. The first-order valence-electron chi connectivity index (χ1n) is 3.76. The van der Waals surface area contributed by atoms with Crippen LogP contribution in [0.5, 0.6) is 0 Å². The Balaban J connectivity index is 2.49. The van der Waals surface area contributed by atoms with E-state index in [-0.39, 0.29) is 0 Å². The molecule has 0 saturated carbocycles. The van der Waals surface area contributed by atoms with Gasteiger partial charge < -0.3 is 5.73 Å². The van der Waals surface area contributed by atoms with Crippen molar-refractivity contribution >= 4 is 17.4 Å². The van der Waals surface area contributed by atoms with Gasteiger partial charge in [-0.3, -0.25) is 4.99 Å². The smallest absolute Gasteiger partial charge is 0.0970 e. The molecular weight excluding hydrogens is 172 g/mol. The summed E-state index contributed by atoms with van der Waals surface area (Å²) in [5.41, 5.74) is 6.52. The van der Waals surface area contributed by atoms with Crippen LogP contribution in [-0.2, 0) is 6.54 Å². The molecule has 0 spiro atoms. The van der Waals surface area contributed by atoms with Crippen LogP contribution in [0.1, 0.15) is 19.5 Å². The van der Waals surface area contributed by atoms with E-state index < -0.39 is 0 Å². The minimum atomic E-state index is 0.302. The summed E-state index contributed by atoms with van der Waals surface area (Å²) in [6.45, 7) is 4.57. The molecule has 2 N–H and O–H groups in total. The van der Waals surface area contributed by atoms with Crippen LogP contribution in [0.15, 0.2) is 10.4 Å². The van der Waals surface area contributed by atoms with Crippen molar-refractivity contribution in [2.24, 2.45) is 16.6 Å². The maximum Gasteiger partial charge on any atom is 0.0970 e. The fraction of sp³-hybridized carbons (Fsp3) is 0.571. The maximum atomic E-state index is 5.64. The lowest BCUT2D eigenvalue weighted by Gasteiger charge is -2.01. The van der Waals surface area contributed by atoms with Crippen molar-refractivity contribution in [2.75, 3.05) is 0 Å². The number of aromatic nitrogens is 2. The zero-order chi connectivity index (χ0) is 8.97. The van der Waals surface area contributed by atoms with Crippen molar-refractivity contribution in [2.45, 2.75) is 20.4 Å². The number of hydrogen-bond acceptors (Lipinski definition) is 4. The Morgan fingerprint density at radius 3 is 3.00 bits per heavy atom. The predicted molar refractivity (Wildman–Crippen MR) is 50.1 cm³/mol. The number of amidine groups is 1. The van der Waals surface area contributed by atoms with Gasteiger partial charge in [-0.2, -0.15) is 0 Å². The fourth-order valence-electron chi connectivity index (χ4n) is 0.608. The number of nitrogens with two attached hydrogens (primary N) is 1. The Bertz CT molecular complexity index is 252. The molecule has 4 nitrogen and oxygen atoms in total. The standard InChI is InChI=1S/C7H12N4S/c1-5(2)7(8)9-3-6-4-12-11-10-6/h4-5H,3H2,1-2H3,(H2,8,9). The van der Waals surface area contributed by atoms with Crippen LogP contribution in [0.2, 0.25) is 0 Å². The van der Waals surface area contributed by atoms with Crippen LogP contribution in [0, 0.1) is 5.92 Å². The molecule has 1 rings (SSSR count). The first kappa shape index (κ1) is 9.12. The van der Waals surface area contributed by atoms with Crippen molar-refractivity contribution in [1.29, 1.82) is 0 Å². The monoisotopic (exact) mass is 184 g/mol. The molecule has 5 heteroatoms. The second kappa shape index (κ2) is 4.15. The first-order chi connectivity index (χ1) is 5.70. The molecule has 0 aliphatic heterocycles. The van der Waals surface area contributed by atoms with Crippen LogP contribution in [-0.4, -0.2) is 15.4 Å². The summed E-state index contributed by atoms with van der Waals surface area (Å²) >= 11 is 1.33. The zero-order valence-corrected chi connectivity index (χ0v) is 8.01. The van der Waals surface area contributed by atoms with Gasteiger partial charge in [-0.25, -0.2) is 0 Å². The quantitative estimate of drug-likeness (QED) is 0.564. The van der Waals surface area contributed by atoms with Crippen molar-refractivity contribution < 1.29 is 0 Å².